The van der Waals surface area contributed by atoms with E-state index in [1.807, 2.05) is 43.3 Å². The van der Waals surface area contributed by atoms with E-state index in [0.717, 1.165) is 22.6 Å². The molecular formula is C18H23NO2. The Labute approximate surface area is 126 Å². The minimum atomic E-state index is -0.0542. The van der Waals surface area contributed by atoms with Crippen LogP contribution in [0.5, 0.6) is 17.2 Å². The normalized spacial score (nSPS) is 11.3. The molecule has 0 fully saturated rings. The summed E-state index contributed by atoms with van der Waals surface area (Å²) in [6.45, 7) is 8.44. The summed E-state index contributed by atoms with van der Waals surface area (Å²) in [6.07, 6.45) is 0. The van der Waals surface area contributed by atoms with Crippen LogP contribution in [0.1, 0.15) is 31.9 Å². The zero-order valence-electron chi connectivity index (χ0n) is 13.4. The molecule has 0 heterocycles. The van der Waals surface area contributed by atoms with E-state index in [4.69, 9.17) is 15.2 Å². The monoisotopic (exact) mass is 285 g/mol. The van der Waals surface area contributed by atoms with Crippen LogP contribution in [-0.4, -0.2) is 7.11 Å². The van der Waals surface area contributed by atoms with Crippen molar-refractivity contribution in [2.75, 3.05) is 12.8 Å². The number of benzene rings is 2. The minimum Gasteiger partial charge on any atom is -0.497 e. The van der Waals surface area contributed by atoms with Crippen LogP contribution < -0.4 is 15.2 Å². The van der Waals surface area contributed by atoms with Crippen LogP contribution in [-0.2, 0) is 5.41 Å². The Kier molecular flexibility index (Phi) is 4.12. The maximum absolute atomic E-state index is 6.12. The van der Waals surface area contributed by atoms with Gasteiger partial charge in [0.25, 0.3) is 0 Å². The van der Waals surface area contributed by atoms with Crippen LogP contribution in [0.3, 0.4) is 0 Å². The van der Waals surface area contributed by atoms with Crippen LogP contribution in [0, 0.1) is 6.92 Å². The van der Waals surface area contributed by atoms with Crippen LogP contribution >= 0.6 is 0 Å². The second-order valence-electron chi connectivity index (χ2n) is 6.21. The van der Waals surface area contributed by atoms with Gasteiger partial charge in [-0.15, -0.1) is 0 Å². The molecule has 2 N–H and O–H groups in total. The Balaban J connectivity index is 2.49. The van der Waals surface area contributed by atoms with Crippen molar-refractivity contribution in [3.8, 4) is 17.2 Å². The molecule has 0 aliphatic carbocycles. The lowest BCUT2D eigenvalue weighted by molar-refractivity contribution is 0.407. The van der Waals surface area contributed by atoms with Crippen molar-refractivity contribution in [2.45, 2.75) is 33.1 Å². The number of hydrogen-bond acceptors (Lipinski definition) is 3. The molecule has 3 nitrogen and oxygen atoms in total. The average molecular weight is 285 g/mol. The average Bonchev–Trinajstić information content (AvgIpc) is 2.42. The second kappa shape index (κ2) is 5.68. The Morgan fingerprint density at radius 2 is 1.76 bits per heavy atom. The topological polar surface area (TPSA) is 44.5 Å². The first-order valence-electron chi connectivity index (χ1n) is 7.04. The fourth-order valence-corrected chi connectivity index (χ4v) is 2.24. The fourth-order valence-electron chi connectivity index (χ4n) is 2.24. The maximum Gasteiger partial charge on any atom is 0.153 e. The van der Waals surface area contributed by atoms with Gasteiger partial charge in [0.2, 0.25) is 0 Å². The third kappa shape index (κ3) is 3.30. The van der Waals surface area contributed by atoms with Crippen molar-refractivity contribution in [2.24, 2.45) is 0 Å². The van der Waals surface area contributed by atoms with Crippen LogP contribution in [0.25, 0.3) is 0 Å². The Hall–Kier alpha value is -2.16. The molecule has 3 heteroatoms. The van der Waals surface area contributed by atoms with Gasteiger partial charge in [-0.1, -0.05) is 32.9 Å². The van der Waals surface area contributed by atoms with E-state index in [1.54, 1.807) is 7.11 Å². The van der Waals surface area contributed by atoms with E-state index in [2.05, 4.69) is 20.8 Å². The number of hydrogen-bond donors (Lipinski definition) is 1. The van der Waals surface area contributed by atoms with Crippen molar-refractivity contribution in [1.29, 1.82) is 0 Å². The van der Waals surface area contributed by atoms with Gasteiger partial charge >= 0.3 is 0 Å². The number of rotatable bonds is 3. The Morgan fingerprint density at radius 1 is 1.05 bits per heavy atom. The molecule has 0 aliphatic heterocycles. The van der Waals surface area contributed by atoms with Gasteiger partial charge in [0.15, 0.2) is 5.75 Å². The summed E-state index contributed by atoms with van der Waals surface area (Å²) in [7, 11) is 1.67. The molecule has 2 rings (SSSR count). The minimum absolute atomic E-state index is 0.0542. The predicted molar refractivity (Wildman–Crippen MR) is 87.4 cm³/mol. The van der Waals surface area contributed by atoms with Gasteiger partial charge in [0, 0.05) is 5.56 Å². The number of anilines is 1. The number of aryl methyl sites for hydroxylation is 1. The lowest BCUT2D eigenvalue weighted by atomic mass is 9.86. The van der Waals surface area contributed by atoms with Crippen molar-refractivity contribution in [3.05, 3.63) is 47.5 Å². The summed E-state index contributed by atoms with van der Waals surface area (Å²) in [5.41, 5.74) is 8.73. The molecule has 0 atom stereocenters. The first-order valence-corrected chi connectivity index (χ1v) is 7.04. The van der Waals surface area contributed by atoms with Crippen molar-refractivity contribution in [3.63, 3.8) is 0 Å². The summed E-state index contributed by atoms with van der Waals surface area (Å²) in [5.74, 6) is 2.35. The predicted octanol–water partition coefficient (Wildman–Crippen LogP) is 4.68. The van der Waals surface area contributed by atoms with Crippen molar-refractivity contribution < 1.29 is 9.47 Å². The molecule has 0 saturated heterocycles. The largest absolute Gasteiger partial charge is 0.497 e. The van der Waals surface area contributed by atoms with E-state index in [1.165, 1.54) is 0 Å². The molecule has 0 spiro atoms. The van der Waals surface area contributed by atoms with Gasteiger partial charge in [0.1, 0.15) is 11.5 Å². The van der Waals surface area contributed by atoms with Crippen LogP contribution in [0.4, 0.5) is 5.69 Å². The lowest BCUT2D eigenvalue weighted by Crippen LogP contribution is -2.13. The summed E-state index contributed by atoms with van der Waals surface area (Å²) >= 11 is 0. The van der Waals surface area contributed by atoms with Gasteiger partial charge in [-0.25, -0.2) is 0 Å². The highest BCUT2D eigenvalue weighted by atomic mass is 16.5. The number of methoxy groups -OCH3 is 1. The first-order chi connectivity index (χ1) is 9.82. The summed E-state index contributed by atoms with van der Waals surface area (Å²) < 4.78 is 11.4. The molecule has 0 radical (unpaired) electrons. The van der Waals surface area contributed by atoms with E-state index in [9.17, 15) is 0 Å². The SMILES string of the molecule is COc1ccc(Oc2c(C)cccc2N)c(C(C)(C)C)c1. The van der Waals surface area contributed by atoms with Crippen molar-refractivity contribution in [1.82, 2.24) is 0 Å². The highest BCUT2D eigenvalue weighted by Gasteiger charge is 2.21. The molecule has 0 bridgehead atoms. The molecule has 0 aromatic heterocycles. The summed E-state index contributed by atoms with van der Waals surface area (Å²) in [4.78, 5) is 0. The smallest absolute Gasteiger partial charge is 0.153 e. The van der Waals surface area contributed by atoms with Gasteiger partial charge in [0.05, 0.1) is 12.8 Å². The highest BCUT2D eigenvalue weighted by molar-refractivity contribution is 5.59. The molecule has 112 valence electrons. The number of nitrogen functional groups attached to an aromatic ring is 1. The Bertz CT molecular complexity index is 622. The third-order valence-electron chi connectivity index (χ3n) is 3.45. The van der Waals surface area contributed by atoms with E-state index in [-0.39, 0.29) is 5.41 Å². The maximum atomic E-state index is 6.12. The lowest BCUT2D eigenvalue weighted by Gasteiger charge is -2.24. The molecule has 21 heavy (non-hydrogen) atoms. The van der Waals surface area contributed by atoms with Crippen LogP contribution in [0.15, 0.2) is 36.4 Å². The molecule has 0 aliphatic rings. The molecule has 0 amide bonds. The van der Waals surface area contributed by atoms with E-state index >= 15 is 0 Å². The highest BCUT2D eigenvalue weighted by Crippen LogP contribution is 2.39. The quantitative estimate of drug-likeness (QED) is 0.833. The molecule has 2 aromatic rings. The summed E-state index contributed by atoms with van der Waals surface area (Å²) in [5, 5.41) is 0. The second-order valence-corrected chi connectivity index (χ2v) is 6.21. The molecular weight excluding hydrogens is 262 g/mol. The molecule has 0 saturated carbocycles. The number of ether oxygens (including phenoxy) is 2. The van der Waals surface area contributed by atoms with Gasteiger partial charge in [-0.05, 0) is 42.2 Å². The fraction of sp³-hybridized carbons (Fsp3) is 0.333. The zero-order chi connectivity index (χ0) is 15.6. The van der Waals surface area contributed by atoms with E-state index in [0.29, 0.717) is 11.4 Å². The van der Waals surface area contributed by atoms with Gasteiger partial charge < -0.3 is 15.2 Å². The Morgan fingerprint density at radius 3 is 2.33 bits per heavy atom. The van der Waals surface area contributed by atoms with E-state index < -0.39 is 0 Å². The van der Waals surface area contributed by atoms with Gasteiger partial charge in [-0.2, -0.15) is 0 Å². The number of para-hydroxylation sites is 1. The first kappa shape index (κ1) is 15.2. The summed E-state index contributed by atoms with van der Waals surface area (Å²) in [6, 6.07) is 11.6. The molecule has 2 aromatic carbocycles. The molecule has 0 unspecified atom stereocenters. The number of nitrogens with two attached hydrogens (primary N) is 1. The van der Waals surface area contributed by atoms with Crippen LogP contribution in [0.2, 0.25) is 0 Å². The zero-order valence-corrected chi connectivity index (χ0v) is 13.4. The standard InChI is InChI=1S/C18H23NO2/c1-12-7-6-8-15(19)17(12)21-16-10-9-13(20-5)11-14(16)18(2,3)4/h6-11H,19H2,1-5H3. The van der Waals surface area contributed by atoms with Gasteiger partial charge in [-0.3, -0.25) is 0 Å². The third-order valence-corrected chi connectivity index (χ3v) is 3.45. The van der Waals surface area contributed by atoms with Crippen molar-refractivity contribution >= 4 is 5.69 Å².